The second-order valence-electron chi connectivity index (χ2n) is 5.80. The molecule has 0 unspecified atom stereocenters. The van der Waals surface area contributed by atoms with E-state index in [0.29, 0.717) is 5.69 Å². The maximum Gasteiger partial charge on any atom is 0.280 e. The Bertz CT molecular complexity index is 968. The third-order valence-electron chi connectivity index (χ3n) is 4.00. The monoisotopic (exact) mass is 345 g/mol. The summed E-state index contributed by atoms with van der Waals surface area (Å²) in [6, 6.07) is 4.23. The minimum atomic E-state index is -2.74. The number of rotatable bonds is 4. The second-order valence-corrected chi connectivity index (χ2v) is 5.80. The average Bonchev–Trinajstić information content (AvgIpc) is 3.35. The van der Waals surface area contributed by atoms with Crippen molar-refractivity contribution in [3.8, 4) is 5.75 Å². The second kappa shape index (κ2) is 5.76. The van der Waals surface area contributed by atoms with Crippen molar-refractivity contribution in [3.63, 3.8) is 0 Å². The fraction of sp³-hybridized carbons (Fsp3) is 0.250. The van der Waals surface area contributed by atoms with Gasteiger partial charge in [-0.3, -0.25) is 4.79 Å². The van der Waals surface area contributed by atoms with Crippen LogP contribution in [0.2, 0.25) is 0 Å². The number of anilines is 1. The van der Waals surface area contributed by atoms with E-state index < -0.39 is 12.3 Å². The molecule has 4 rings (SSSR count). The van der Waals surface area contributed by atoms with Crippen molar-refractivity contribution in [3.05, 3.63) is 47.5 Å². The van der Waals surface area contributed by atoms with Gasteiger partial charge in [0.2, 0.25) is 0 Å². The SMILES string of the molecule is O=C(Nc1ncccc1O)c1cnn2c(C(F)F)cc(C3CC3)nc12. The van der Waals surface area contributed by atoms with Crippen molar-refractivity contribution in [1.82, 2.24) is 19.6 Å². The van der Waals surface area contributed by atoms with E-state index in [0.717, 1.165) is 17.4 Å². The lowest BCUT2D eigenvalue weighted by Crippen LogP contribution is -2.14. The van der Waals surface area contributed by atoms with Gasteiger partial charge in [0.15, 0.2) is 17.2 Å². The van der Waals surface area contributed by atoms with Crippen LogP contribution in [-0.4, -0.2) is 30.6 Å². The summed E-state index contributed by atoms with van der Waals surface area (Å²) in [5, 5.41) is 16.0. The van der Waals surface area contributed by atoms with Gasteiger partial charge >= 0.3 is 0 Å². The van der Waals surface area contributed by atoms with Crippen LogP contribution in [0.5, 0.6) is 5.75 Å². The van der Waals surface area contributed by atoms with Crippen LogP contribution in [0.25, 0.3) is 5.65 Å². The fourth-order valence-corrected chi connectivity index (χ4v) is 2.58. The van der Waals surface area contributed by atoms with Gasteiger partial charge in [-0.15, -0.1) is 0 Å². The number of hydrogen-bond donors (Lipinski definition) is 2. The zero-order chi connectivity index (χ0) is 17.6. The van der Waals surface area contributed by atoms with Crippen LogP contribution in [0.1, 0.15) is 46.9 Å². The number of fused-ring (bicyclic) bond motifs is 1. The number of pyridine rings is 1. The minimum absolute atomic E-state index is 0.0284. The van der Waals surface area contributed by atoms with E-state index in [9.17, 15) is 18.7 Å². The number of nitrogens with one attached hydrogen (secondary N) is 1. The lowest BCUT2D eigenvalue weighted by atomic mass is 10.2. The summed E-state index contributed by atoms with van der Waals surface area (Å²) >= 11 is 0. The number of aromatic nitrogens is 4. The Kier molecular flexibility index (Phi) is 3.56. The Labute approximate surface area is 140 Å². The Morgan fingerprint density at radius 1 is 1.40 bits per heavy atom. The molecule has 1 aliphatic rings. The van der Waals surface area contributed by atoms with Gasteiger partial charge in [0.25, 0.3) is 12.3 Å². The molecule has 1 amide bonds. The number of carbonyl (C=O) groups is 1. The van der Waals surface area contributed by atoms with E-state index >= 15 is 0 Å². The van der Waals surface area contributed by atoms with Crippen molar-refractivity contribution in [1.29, 1.82) is 0 Å². The summed E-state index contributed by atoms with van der Waals surface area (Å²) in [6.45, 7) is 0. The molecule has 2 N–H and O–H groups in total. The van der Waals surface area contributed by atoms with Gasteiger partial charge in [-0.2, -0.15) is 5.10 Å². The predicted octanol–water partition coefficient (Wildman–Crippen LogP) is 2.90. The van der Waals surface area contributed by atoms with Crippen LogP contribution in [-0.2, 0) is 0 Å². The molecule has 25 heavy (non-hydrogen) atoms. The van der Waals surface area contributed by atoms with Crippen LogP contribution in [0.3, 0.4) is 0 Å². The molecule has 9 heteroatoms. The van der Waals surface area contributed by atoms with Crippen molar-refractivity contribution in [2.75, 3.05) is 5.32 Å². The molecule has 0 radical (unpaired) electrons. The summed E-state index contributed by atoms with van der Waals surface area (Å²) in [5.74, 6) is -0.718. The van der Waals surface area contributed by atoms with Crippen LogP contribution in [0.15, 0.2) is 30.6 Å². The summed E-state index contributed by atoms with van der Waals surface area (Å²) in [6.07, 6.45) is 1.63. The first kappa shape index (κ1) is 15.4. The largest absolute Gasteiger partial charge is 0.504 e. The van der Waals surface area contributed by atoms with E-state index in [4.69, 9.17) is 0 Å². The molecule has 0 spiro atoms. The first-order chi connectivity index (χ1) is 12.0. The van der Waals surface area contributed by atoms with Crippen molar-refractivity contribution in [2.24, 2.45) is 0 Å². The Hall–Kier alpha value is -3.10. The minimum Gasteiger partial charge on any atom is -0.504 e. The van der Waals surface area contributed by atoms with Crippen molar-refractivity contribution >= 4 is 17.4 Å². The molecule has 128 valence electrons. The molecule has 1 aliphatic carbocycles. The molecule has 3 heterocycles. The molecule has 3 aromatic heterocycles. The first-order valence-electron chi connectivity index (χ1n) is 7.66. The highest BCUT2D eigenvalue weighted by molar-refractivity contribution is 6.08. The van der Waals surface area contributed by atoms with Crippen LogP contribution < -0.4 is 5.32 Å². The average molecular weight is 345 g/mol. The van der Waals surface area contributed by atoms with Gasteiger partial charge < -0.3 is 10.4 Å². The summed E-state index contributed by atoms with van der Waals surface area (Å²) in [7, 11) is 0. The highest BCUT2D eigenvalue weighted by Crippen LogP contribution is 2.40. The number of alkyl halides is 2. The topological polar surface area (TPSA) is 92.4 Å². The smallest absolute Gasteiger partial charge is 0.280 e. The molecule has 0 aromatic carbocycles. The maximum absolute atomic E-state index is 13.3. The van der Waals surface area contributed by atoms with E-state index in [1.54, 1.807) is 0 Å². The maximum atomic E-state index is 13.3. The number of halogens is 2. The van der Waals surface area contributed by atoms with Crippen LogP contribution in [0.4, 0.5) is 14.6 Å². The number of carbonyl (C=O) groups excluding carboxylic acids is 1. The van der Waals surface area contributed by atoms with E-state index in [1.807, 2.05) is 0 Å². The fourth-order valence-electron chi connectivity index (χ4n) is 2.58. The van der Waals surface area contributed by atoms with Gasteiger partial charge in [-0.1, -0.05) is 0 Å². The predicted molar refractivity (Wildman–Crippen MR) is 83.8 cm³/mol. The zero-order valence-electron chi connectivity index (χ0n) is 12.9. The standard InChI is InChI=1S/C16H13F2N5O2/c17-13(18)11-6-10(8-3-4-8)21-15-9(7-20-23(11)15)16(25)22-14-12(24)2-1-5-19-14/h1-2,5-8,13,24H,3-4H2,(H,19,22,25). The summed E-state index contributed by atoms with van der Waals surface area (Å²) in [4.78, 5) is 20.7. The molecule has 0 atom stereocenters. The molecule has 1 fully saturated rings. The normalized spacial score (nSPS) is 14.2. The summed E-state index contributed by atoms with van der Waals surface area (Å²) < 4.78 is 27.7. The van der Waals surface area contributed by atoms with Gasteiger partial charge in [-0.25, -0.2) is 23.3 Å². The van der Waals surface area contributed by atoms with Gasteiger partial charge in [0.1, 0.15) is 11.3 Å². The number of aromatic hydroxyl groups is 1. The summed E-state index contributed by atoms with van der Waals surface area (Å²) in [5.41, 5.74) is 0.340. The lowest BCUT2D eigenvalue weighted by molar-refractivity contribution is 0.102. The van der Waals surface area contributed by atoms with Crippen LogP contribution in [0, 0.1) is 0 Å². The third kappa shape index (κ3) is 2.77. The Morgan fingerprint density at radius 3 is 2.88 bits per heavy atom. The molecular formula is C16H13F2N5O2. The van der Waals surface area contributed by atoms with Gasteiger partial charge in [-0.05, 0) is 31.0 Å². The highest BCUT2D eigenvalue weighted by Gasteiger charge is 2.29. The lowest BCUT2D eigenvalue weighted by Gasteiger charge is -2.08. The number of hydrogen-bond acceptors (Lipinski definition) is 5. The molecule has 1 saturated carbocycles. The quantitative estimate of drug-likeness (QED) is 0.758. The first-order valence-corrected chi connectivity index (χ1v) is 7.66. The van der Waals surface area contributed by atoms with Crippen molar-refractivity contribution < 1.29 is 18.7 Å². The molecule has 0 saturated heterocycles. The van der Waals surface area contributed by atoms with Gasteiger partial charge in [0, 0.05) is 17.8 Å². The Balaban J connectivity index is 1.77. The van der Waals surface area contributed by atoms with Crippen molar-refractivity contribution in [2.45, 2.75) is 25.2 Å². The van der Waals surface area contributed by atoms with Gasteiger partial charge in [0.05, 0.1) is 6.20 Å². The molecule has 7 nitrogen and oxygen atoms in total. The Morgan fingerprint density at radius 2 is 2.20 bits per heavy atom. The molecular weight excluding hydrogens is 332 g/mol. The van der Waals surface area contributed by atoms with E-state index in [2.05, 4.69) is 20.4 Å². The molecule has 0 bridgehead atoms. The van der Waals surface area contributed by atoms with E-state index in [1.165, 1.54) is 30.6 Å². The zero-order valence-corrected chi connectivity index (χ0v) is 12.9. The van der Waals surface area contributed by atoms with Crippen LogP contribution >= 0.6 is 0 Å². The van der Waals surface area contributed by atoms with E-state index in [-0.39, 0.29) is 34.4 Å². The molecule has 0 aliphatic heterocycles. The number of nitrogens with zero attached hydrogens (tertiary/aromatic N) is 4. The third-order valence-corrected chi connectivity index (χ3v) is 4.00. The molecule has 3 aromatic rings. The number of amides is 1. The highest BCUT2D eigenvalue weighted by atomic mass is 19.3.